The summed E-state index contributed by atoms with van der Waals surface area (Å²) in [6.45, 7) is 28.1. The SMILES string of the molecule is CCCCCCc1cc(-c2sc(-c3cc(CCOC=O)c(C)s3)cc2CCN)sc1C.COCCOCCOCCOCc1cc(C)sc1-c1cc(CC(=O)O)c(C)s1.Cc1sc(-c2cc(CCN)c(-c3cc(CCN4C(=O)C=CC4=O)c(C)s3)s2)cc1CCOC=O.Cc1sc(-c2ccc(-c3cc(CCOC=O)c(C)s3)s2)cc1CCN. The van der Waals surface area contributed by atoms with Gasteiger partial charge in [-0.1, -0.05) is 26.2 Å². The van der Waals surface area contributed by atoms with Gasteiger partial charge in [-0.05, 0) is 242 Å². The second-order valence-electron chi connectivity index (χ2n) is 28.0. The third-order valence-electron chi connectivity index (χ3n) is 19.4. The van der Waals surface area contributed by atoms with Crippen molar-refractivity contribution in [2.24, 2.45) is 17.2 Å². The standard InChI is InChI=1S/C25H26N2O4S3.C25H33NO2S3.C20H28O6S2.C19H21NO2S3/c1-15-17(6-9-27-23(29)3-4-24(27)30)12-22(33-15)25-19(5-8-26)13-21(34-25)20-11-18(16(2)32-20)7-10-31-14-28;1-4-5-6-7-8-19-14-24(30-17(19)2)25-21(9-11-26)15-23(31-25)22-13-20(18(3)29-22)10-12-28-16-27;1-14-10-17(13-26-9-8-25-7-6-24-5-4-23-3)20(27-14)18-11-16(12-19(21)22)15(2)28-18;1-12-14(5-7-20)9-18(23-12)16-3-4-17(25-16)19-10-15(13(2)24-19)6-8-22-11-21/h3-4,11-14H,5-10,26H2,1-2H3;13-16H,4-12,26H2,1-3H3;10-11H,4-9,12-13H2,1-3H3,(H,21,22);3-4,9-11H,5-8,20H2,1-2H3. The highest BCUT2D eigenvalue weighted by Crippen LogP contribution is 2.48. The smallest absolute Gasteiger partial charge is 0.307 e. The molecule has 2 amide bonds. The zero-order valence-corrected chi connectivity index (χ0v) is 77.8. The maximum atomic E-state index is 11.9. The molecule has 0 fully saturated rings. The molecule has 11 aromatic rings. The van der Waals surface area contributed by atoms with Crippen molar-refractivity contribution in [3.63, 3.8) is 0 Å². The molecule has 12 rings (SSSR count). The van der Waals surface area contributed by atoms with Crippen LogP contribution in [0, 0.1) is 55.4 Å². The Balaban J connectivity index is 0.000000180. The van der Waals surface area contributed by atoms with Crippen molar-refractivity contribution in [1.82, 2.24) is 4.90 Å². The number of methoxy groups -OCH3 is 1. The number of carboxylic acids is 1. The third kappa shape index (κ3) is 27.9. The second-order valence-corrected chi connectivity index (χ2v) is 41.2. The van der Waals surface area contributed by atoms with Gasteiger partial charge in [0.2, 0.25) is 0 Å². The normalized spacial score (nSPS) is 11.8. The van der Waals surface area contributed by atoms with Crippen molar-refractivity contribution in [2.45, 2.75) is 152 Å². The van der Waals surface area contributed by atoms with Crippen LogP contribution in [0.4, 0.5) is 0 Å². The fraction of sp³-hybridized carbons (Fsp3) is 0.416. The quantitative estimate of drug-likeness (QED) is 0.0119. The van der Waals surface area contributed by atoms with Crippen molar-refractivity contribution in [3.05, 3.63) is 180 Å². The van der Waals surface area contributed by atoms with Crippen LogP contribution >= 0.6 is 125 Å². The van der Waals surface area contributed by atoms with Gasteiger partial charge in [0.25, 0.3) is 31.2 Å². The molecule has 118 heavy (non-hydrogen) atoms. The van der Waals surface area contributed by atoms with Crippen LogP contribution in [0.5, 0.6) is 0 Å². The van der Waals surface area contributed by atoms with E-state index in [1.54, 1.807) is 75.1 Å². The van der Waals surface area contributed by atoms with E-state index < -0.39 is 5.97 Å². The van der Waals surface area contributed by atoms with Crippen LogP contribution in [-0.4, -0.2) is 140 Å². The van der Waals surface area contributed by atoms with Crippen molar-refractivity contribution < 1.29 is 67.0 Å². The van der Waals surface area contributed by atoms with Gasteiger partial charge < -0.3 is 55.5 Å². The molecule has 0 bridgehead atoms. The Bertz CT molecular complexity index is 5040. The maximum absolute atomic E-state index is 11.9. The lowest BCUT2D eigenvalue weighted by molar-refractivity contribution is -0.137. The Morgan fingerprint density at radius 2 is 0.720 bits per heavy atom. The number of unbranched alkanes of at least 4 members (excludes halogenated alkanes) is 3. The number of aliphatic carboxylic acids is 1. The van der Waals surface area contributed by atoms with Crippen LogP contribution in [0.1, 0.15) is 127 Å². The lowest BCUT2D eigenvalue weighted by Gasteiger charge is -2.13. The number of hydrogen-bond donors (Lipinski definition) is 4. The number of amides is 2. The lowest BCUT2D eigenvalue weighted by atomic mass is 10.1. The molecule has 7 N–H and O–H groups in total. The summed E-state index contributed by atoms with van der Waals surface area (Å²) in [7, 11) is 1.65. The zero-order valence-electron chi connectivity index (χ0n) is 68.8. The fourth-order valence-electron chi connectivity index (χ4n) is 13.2. The van der Waals surface area contributed by atoms with Crippen LogP contribution in [0.25, 0.3) is 68.3 Å². The van der Waals surface area contributed by atoms with E-state index in [0.29, 0.717) is 125 Å². The molecule has 0 atom stereocenters. The first-order valence-corrected chi connectivity index (χ1v) is 48.4. The van der Waals surface area contributed by atoms with Crippen molar-refractivity contribution in [1.29, 1.82) is 0 Å². The Morgan fingerprint density at radius 3 is 1.14 bits per heavy atom. The molecule has 634 valence electrons. The van der Waals surface area contributed by atoms with E-state index in [-0.39, 0.29) is 18.2 Å². The van der Waals surface area contributed by atoms with Gasteiger partial charge >= 0.3 is 5.97 Å². The summed E-state index contributed by atoms with van der Waals surface area (Å²) < 4.78 is 36.1. The van der Waals surface area contributed by atoms with E-state index in [2.05, 4.69) is 122 Å². The number of nitrogens with two attached hydrogens (primary N) is 3. The van der Waals surface area contributed by atoms with Gasteiger partial charge in [0.15, 0.2) is 0 Å². The number of imide groups is 1. The van der Waals surface area contributed by atoms with Crippen molar-refractivity contribution in [3.8, 4) is 68.3 Å². The van der Waals surface area contributed by atoms with Crippen LogP contribution < -0.4 is 17.2 Å². The number of carbonyl (C=O) groups excluding carboxylic acids is 5. The maximum Gasteiger partial charge on any atom is 0.307 e. The summed E-state index contributed by atoms with van der Waals surface area (Å²) in [6.07, 6.45) is 14.6. The molecule has 0 aliphatic carbocycles. The Labute approximate surface area is 737 Å². The van der Waals surface area contributed by atoms with Gasteiger partial charge in [0.1, 0.15) is 0 Å². The molecular formula is C89H108N4O14S11. The molecule has 0 unspecified atom stereocenters. The molecule has 1 aliphatic rings. The van der Waals surface area contributed by atoms with Gasteiger partial charge in [-0.3, -0.25) is 33.7 Å². The van der Waals surface area contributed by atoms with E-state index in [0.717, 1.165) is 63.4 Å². The number of ether oxygens (including phenoxy) is 7. The summed E-state index contributed by atoms with van der Waals surface area (Å²) in [5.41, 5.74) is 29.9. The average Bonchev–Trinajstić information content (AvgIpc) is 1.65. The Hall–Kier alpha value is -6.82. The molecule has 0 saturated carbocycles. The predicted molar refractivity (Wildman–Crippen MR) is 496 cm³/mol. The van der Waals surface area contributed by atoms with Crippen molar-refractivity contribution >= 4 is 162 Å². The van der Waals surface area contributed by atoms with E-state index in [9.17, 15) is 28.8 Å². The van der Waals surface area contributed by atoms with E-state index in [1.165, 1.54) is 181 Å². The van der Waals surface area contributed by atoms with Gasteiger partial charge in [-0.25, -0.2) is 0 Å². The minimum absolute atomic E-state index is 0.0606. The summed E-state index contributed by atoms with van der Waals surface area (Å²) >= 11 is 19.7. The highest BCUT2D eigenvalue weighted by Gasteiger charge is 2.26. The zero-order chi connectivity index (χ0) is 84.6. The minimum atomic E-state index is -0.803. The number of rotatable bonds is 46. The van der Waals surface area contributed by atoms with Gasteiger partial charge in [0.05, 0.1) is 77.4 Å². The first kappa shape index (κ1) is 95.0. The number of carbonyl (C=O) groups is 6. The molecule has 11 aromatic heterocycles. The lowest BCUT2D eigenvalue weighted by Crippen LogP contribution is -2.31. The highest BCUT2D eigenvalue weighted by molar-refractivity contribution is 7.28. The minimum Gasteiger partial charge on any atom is -0.481 e. The third-order valence-corrected chi connectivity index (χ3v) is 32.9. The van der Waals surface area contributed by atoms with E-state index >= 15 is 0 Å². The largest absolute Gasteiger partial charge is 0.481 e. The molecule has 0 saturated heterocycles. The molecule has 0 spiro atoms. The summed E-state index contributed by atoms with van der Waals surface area (Å²) in [4.78, 5) is 94.9. The molecule has 1 aliphatic heterocycles. The fourth-order valence-corrected chi connectivity index (χ4v) is 25.8. The number of aryl methyl sites for hydroxylation is 9. The summed E-state index contributed by atoms with van der Waals surface area (Å²) in [6, 6.07) is 26.7. The second kappa shape index (κ2) is 49.3. The Kier molecular flexibility index (Phi) is 39.7. The molecule has 29 heteroatoms. The first-order chi connectivity index (χ1) is 57.1. The van der Waals surface area contributed by atoms with Crippen LogP contribution in [0.15, 0.2) is 84.9 Å². The van der Waals surface area contributed by atoms with E-state index in [1.807, 2.05) is 69.7 Å². The van der Waals surface area contributed by atoms with Crippen LogP contribution in [-0.2, 0) is 126 Å². The average molecular weight is 1810 g/mol. The molecule has 0 radical (unpaired) electrons. The summed E-state index contributed by atoms with van der Waals surface area (Å²) in [5, 5.41) is 9.05. The Morgan fingerprint density at radius 1 is 0.373 bits per heavy atom. The van der Waals surface area contributed by atoms with Gasteiger partial charge in [0, 0.05) is 147 Å². The topological polar surface area (TPSA) is 269 Å². The highest BCUT2D eigenvalue weighted by atomic mass is 32.1. The number of nitrogens with zero attached hydrogens (tertiary/aromatic N) is 1. The first-order valence-electron chi connectivity index (χ1n) is 39.5. The molecular weight excluding hydrogens is 1700 g/mol. The number of hydrogen-bond acceptors (Lipinski definition) is 27. The number of thiophene rings is 11. The summed E-state index contributed by atoms with van der Waals surface area (Å²) in [5.74, 6) is -1.29. The molecule has 12 heterocycles. The number of carboxylic acid groups (broad SMARTS) is 1. The van der Waals surface area contributed by atoms with Crippen LogP contribution in [0.2, 0.25) is 0 Å². The van der Waals surface area contributed by atoms with Gasteiger partial charge in [-0.15, -0.1) is 125 Å². The van der Waals surface area contributed by atoms with E-state index in [4.69, 9.17) is 55.5 Å². The molecule has 0 aromatic carbocycles. The molecule has 18 nitrogen and oxygen atoms in total. The van der Waals surface area contributed by atoms with Crippen LogP contribution in [0.3, 0.4) is 0 Å². The monoisotopic (exact) mass is 1810 g/mol. The van der Waals surface area contributed by atoms with Crippen molar-refractivity contribution in [2.75, 3.05) is 92.8 Å². The van der Waals surface area contributed by atoms with Gasteiger partial charge in [-0.2, -0.15) is 0 Å². The predicted octanol–water partition coefficient (Wildman–Crippen LogP) is 20.6.